The lowest BCUT2D eigenvalue weighted by atomic mass is 9.88. The minimum absolute atomic E-state index is 0.0304. The molecule has 2 atom stereocenters. The Hall–Kier alpha value is -9.03. The summed E-state index contributed by atoms with van der Waals surface area (Å²) in [6.07, 6.45) is 10.1. The number of nitrogens with zero attached hydrogens (tertiary/aromatic N) is 11. The molecular formula is C64H73ClF2N14O10. The van der Waals surface area contributed by atoms with E-state index in [9.17, 15) is 28.8 Å². The van der Waals surface area contributed by atoms with Crippen molar-refractivity contribution in [2.24, 2.45) is 5.41 Å². The topological polar surface area (TPSA) is 285 Å². The maximum absolute atomic E-state index is 15.6. The zero-order valence-corrected chi connectivity index (χ0v) is 52.3. The molecule has 2 saturated heterocycles. The minimum atomic E-state index is -0.792. The van der Waals surface area contributed by atoms with Crippen LogP contribution in [0.15, 0.2) is 85.5 Å². The molecule has 2 aromatic carbocycles. The van der Waals surface area contributed by atoms with Gasteiger partial charge in [0.2, 0.25) is 11.8 Å². The lowest BCUT2D eigenvalue weighted by Crippen LogP contribution is -2.43. The molecule has 24 nitrogen and oxygen atoms in total. The molecule has 5 aromatic heterocycles. The monoisotopic (exact) mass is 1270 g/mol. The first-order chi connectivity index (χ1) is 43.8. The molecule has 0 radical (unpaired) electrons. The van der Waals surface area contributed by atoms with Crippen molar-refractivity contribution in [3.8, 4) is 40.7 Å². The Kier molecular flexibility index (Phi) is 22.7. The van der Waals surface area contributed by atoms with Crippen LogP contribution in [0, 0.1) is 35.3 Å². The maximum atomic E-state index is 15.6. The van der Waals surface area contributed by atoms with Crippen molar-refractivity contribution < 1.29 is 56.4 Å². The molecule has 0 aliphatic carbocycles. The van der Waals surface area contributed by atoms with Crippen LogP contribution in [0.4, 0.5) is 14.5 Å². The smallest absolute Gasteiger partial charge is 0.328 e. The Balaban J connectivity index is 0.618. The number of rotatable bonds is 27. The number of ether oxygens (including phenoxy) is 6. The average Bonchev–Trinajstić information content (AvgIpc) is 1.26. The molecule has 27 heteroatoms. The SMILES string of the molecule is COC(=O)[C@H](CCC(C)(C)C)NC(=O)c1ccc(Oc2cccc(OCC(=O)NCCOC3CCN(C(=O)COCc4cn(C5CCN(CCOc6ncc(-c7nc8c(N[C@H](C)c9cc(C#N)ccc9F)c(Cl)c(C)nc8cc7F)cn6)CC5)nn4)CC3)c2)nc1. The number of nitrogens with one attached hydrogen (secondary N) is 3. The number of anilines is 1. The number of likely N-dealkylation sites (tertiary alicyclic amines) is 2. The lowest BCUT2D eigenvalue weighted by molar-refractivity contribution is -0.143. The molecule has 0 unspecified atom stereocenters. The molecule has 2 fully saturated rings. The highest BCUT2D eigenvalue weighted by molar-refractivity contribution is 6.35. The summed E-state index contributed by atoms with van der Waals surface area (Å²) in [5.41, 5.74) is 2.88. The summed E-state index contributed by atoms with van der Waals surface area (Å²) in [5.74, 6) is -1.57. The molecule has 3 N–H and O–H groups in total. The van der Waals surface area contributed by atoms with E-state index in [1.165, 1.54) is 56.0 Å². The summed E-state index contributed by atoms with van der Waals surface area (Å²) in [5, 5.41) is 27.0. The predicted molar refractivity (Wildman–Crippen MR) is 330 cm³/mol. The zero-order chi connectivity index (χ0) is 64.6. The molecule has 0 bridgehead atoms. The van der Waals surface area contributed by atoms with Gasteiger partial charge in [-0.2, -0.15) is 5.26 Å². The fraction of sp³-hybridized carbons (Fsp3) is 0.438. The van der Waals surface area contributed by atoms with Gasteiger partial charge >= 0.3 is 12.0 Å². The third-order valence-electron chi connectivity index (χ3n) is 15.4. The minimum Gasteiger partial charge on any atom is -0.484 e. The highest BCUT2D eigenvalue weighted by Crippen LogP contribution is 2.37. The first-order valence-corrected chi connectivity index (χ1v) is 30.4. The maximum Gasteiger partial charge on any atom is 0.328 e. The van der Waals surface area contributed by atoms with E-state index >= 15 is 4.39 Å². The first-order valence-electron chi connectivity index (χ1n) is 30.0. The van der Waals surface area contributed by atoms with E-state index in [2.05, 4.69) is 76.9 Å². The van der Waals surface area contributed by atoms with Crippen molar-refractivity contribution in [1.82, 2.24) is 60.3 Å². The number of aromatic nitrogens is 8. The average molecular weight is 1270 g/mol. The fourth-order valence-corrected chi connectivity index (χ4v) is 10.5. The number of halogens is 3. The number of benzene rings is 2. The quantitative estimate of drug-likeness (QED) is 0.0320. The number of hydrogen-bond donors (Lipinski definition) is 3. The van der Waals surface area contributed by atoms with Crippen LogP contribution < -0.4 is 30.2 Å². The van der Waals surface area contributed by atoms with E-state index in [-0.39, 0.29) is 101 Å². The summed E-state index contributed by atoms with van der Waals surface area (Å²) in [4.78, 5) is 76.9. The Morgan fingerprint density at radius 3 is 2.37 bits per heavy atom. The zero-order valence-electron chi connectivity index (χ0n) is 51.5. The fourth-order valence-electron chi connectivity index (χ4n) is 10.3. The molecule has 7 aromatic rings. The predicted octanol–water partition coefficient (Wildman–Crippen LogP) is 8.68. The Morgan fingerprint density at radius 2 is 1.65 bits per heavy atom. The van der Waals surface area contributed by atoms with Gasteiger partial charge in [0, 0.05) is 87.2 Å². The van der Waals surface area contributed by atoms with Crippen LogP contribution in [-0.2, 0) is 35.2 Å². The Labute approximate surface area is 530 Å². The second-order valence-electron chi connectivity index (χ2n) is 23.3. The molecule has 0 spiro atoms. The van der Waals surface area contributed by atoms with Crippen LogP contribution >= 0.6 is 11.6 Å². The Bertz CT molecular complexity index is 3700. The van der Waals surface area contributed by atoms with Crippen molar-refractivity contribution in [2.45, 2.75) is 104 Å². The molecule has 480 valence electrons. The summed E-state index contributed by atoms with van der Waals surface area (Å²) >= 11 is 6.71. The van der Waals surface area contributed by atoms with E-state index in [0.29, 0.717) is 98.2 Å². The van der Waals surface area contributed by atoms with Crippen LogP contribution in [-0.4, -0.2) is 158 Å². The first kappa shape index (κ1) is 66.4. The second kappa shape index (κ2) is 31.1. The van der Waals surface area contributed by atoms with Gasteiger partial charge in [0.25, 0.3) is 11.8 Å². The van der Waals surface area contributed by atoms with Crippen LogP contribution in [0.5, 0.6) is 23.4 Å². The number of methoxy groups -OCH3 is 1. The summed E-state index contributed by atoms with van der Waals surface area (Å²) in [6, 6.07) is 16.0. The number of pyridine rings is 3. The lowest BCUT2D eigenvalue weighted by Gasteiger charge is -2.32. The van der Waals surface area contributed by atoms with Gasteiger partial charge in [0.15, 0.2) is 12.4 Å². The largest absolute Gasteiger partial charge is 0.484 e. The van der Waals surface area contributed by atoms with Crippen molar-refractivity contribution >= 4 is 52.0 Å². The molecule has 9 rings (SSSR count). The molecule has 2 aliphatic rings. The molecule has 91 heavy (non-hydrogen) atoms. The standard InChI is InChI=1S/C64H73ClF2N14O10/c1-39(49-28-41(31-68)10-12-50(49)66)74-60-57(65)40(2)73-53-30-51(67)58(76-59(53)60)43-33-71-63(72-34-43)89-27-25-79-21-15-45(16-22-79)81-35-44(77-78-81)36-87-38-56(83)80-23-17-46(18-24-80)88-26-20-69-54(82)37-90-47-8-7-9-48(29-47)91-55-13-11-42(32-70-55)61(84)75-52(62(85)86-6)14-19-64(3,4)5/h7-13,28-30,32-35,39,45-46,52H,14-27,36-38H2,1-6H3,(H,69,82)(H,73,74)(H,75,84)/t39-,52+/m1/s1. The molecule has 3 amide bonds. The van der Waals surface area contributed by atoms with Crippen molar-refractivity contribution in [3.05, 3.63) is 130 Å². The van der Waals surface area contributed by atoms with E-state index in [4.69, 9.17) is 40.0 Å². The van der Waals surface area contributed by atoms with Crippen LogP contribution in [0.2, 0.25) is 5.02 Å². The van der Waals surface area contributed by atoms with E-state index < -0.39 is 35.6 Å². The van der Waals surface area contributed by atoms with Gasteiger partial charge in [-0.05, 0) is 94.2 Å². The normalized spacial score (nSPS) is 14.7. The third kappa shape index (κ3) is 18.6. The van der Waals surface area contributed by atoms with Crippen molar-refractivity contribution in [3.63, 3.8) is 0 Å². The van der Waals surface area contributed by atoms with Gasteiger partial charge in [0.05, 0.1) is 83.8 Å². The molecular weight excluding hydrogens is 1200 g/mol. The number of carbonyl (C=O) groups excluding carboxylic acids is 4. The van der Waals surface area contributed by atoms with Crippen LogP contribution in [0.3, 0.4) is 0 Å². The van der Waals surface area contributed by atoms with Crippen molar-refractivity contribution in [2.75, 3.05) is 78.1 Å². The molecule has 0 saturated carbocycles. The van der Waals surface area contributed by atoms with Gasteiger partial charge in [-0.1, -0.05) is 43.7 Å². The van der Waals surface area contributed by atoms with E-state index in [0.717, 1.165) is 25.9 Å². The number of carbonyl (C=O) groups is 4. The number of nitriles is 1. The number of aryl methyl sites for hydroxylation is 1. The van der Waals surface area contributed by atoms with E-state index in [1.807, 2.05) is 16.9 Å². The number of fused-ring (bicyclic) bond motifs is 1. The number of amides is 3. The summed E-state index contributed by atoms with van der Waals surface area (Å²) < 4.78 is 66.4. The molecule has 7 heterocycles. The number of hydrogen-bond acceptors (Lipinski definition) is 20. The summed E-state index contributed by atoms with van der Waals surface area (Å²) in [6.45, 7) is 13.5. The van der Waals surface area contributed by atoms with Gasteiger partial charge in [-0.15, -0.1) is 5.10 Å². The van der Waals surface area contributed by atoms with Gasteiger partial charge in [-0.25, -0.2) is 43.2 Å². The van der Waals surface area contributed by atoms with E-state index in [1.54, 1.807) is 49.1 Å². The summed E-state index contributed by atoms with van der Waals surface area (Å²) in [7, 11) is 1.29. The van der Waals surface area contributed by atoms with Gasteiger partial charge in [0.1, 0.15) is 53.5 Å². The third-order valence-corrected chi connectivity index (χ3v) is 15.9. The second-order valence-corrected chi connectivity index (χ2v) is 23.7. The highest BCUT2D eigenvalue weighted by atomic mass is 35.5. The number of piperidine rings is 2. The highest BCUT2D eigenvalue weighted by Gasteiger charge is 2.28. The van der Waals surface area contributed by atoms with Crippen LogP contribution in [0.1, 0.15) is 111 Å². The Morgan fingerprint density at radius 1 is 0.879 bits per heavy atom. The van der Waals surface area contributed by atoms with Gasteiger partial charge < -0.3 is 49.3 Å². The number of esters is 1. The van der Waals surface area contributed by atoms with Gasteiger partial charge in [-0.3, -0.25) is 19.3 Å². The van der Waals surface area contributed by atoms with Crippen molar-refractivity contribution in [1.29, 1.82) is 5.26 Å². The van der Waals surface area contributed by atoms with Crippen LogP contribution in [0.25, 0.3) is 22.3 Å². The molecule has 2 aliphatic heterocycles.